The van der Waals surface area contributed by atoms with Crippen molar-refractivity contribution in [2.24, 2.45) is 0 Å². The normalized spacial score (nSPS) is 13.0. The quantitative estimate of drug-likeness (QED) is 0.462. The van der Waals surface area contributed by atoms with E-state index < -0.39 is 35.9 Å². The number of hydrogen-bond acceptors (Lipinski definition) is 3. The number of carbonyl (C=O) groups is 1. The molecule has 0 aliphatic carbocycles. The summed E-state index contributed by atoms with van der Waals surface area (Å²) >= 11 is 0. The maximum absolute atomic E-state index is 13.5. The van der Waals surface area contributed by atoms with Crippen LogP contribution in [0.5, 0.6) is 0 Å². The summed E-state index contributed by atoms with van der Waals surface area (Å²) in [7, 11) is 0. The number of halogens is 6. The molecule has 2 amide bonds. The zero-order valence-corrected chi connectivity index (χ0v) is 14.8. The average Bonchev–Trinajstić information content (AvgIpc) is 3.08. The molecule has 158 valence electrons. The van der Waals surface area contributed by atoms with Crippen LogP contribution in [0, 0.1) is 0 Å². The van der Waals surface area contributed by atoms with Crippen molar-refractivity contribution in [3.63, 3.8) is 0 Å². The molecule has 1 heterocycles. The van der Waals surface area contributed by atoms with E-state index in [0.717, 1.165) is 18.3 Å². The van der Waals surface area contributed by atoms with Crippen molar-refractivity contribution in [1.82, 2.24) is 5.27 Å². The molecule has 6 nitrogen and oxygen atoms in total. The first-order valence-electron chi connectivity index (χ1n) is 8.29. The first-order chi connectivity index (χ1) is 14.0. The van der Waals surface area contributed by atoms with Gasteiger partial charge in [-0.1, -0.05) is 36.4 Å². The van der Waals surface area contributed by atoms with Gasteiger partial charge in [0.15, 0.2) is 0 Å². The highest BCUT2D eigenvalue weighted by atomic mass is 19.4. The largest absolute Gasteiger partial charge is 0.459 e. The van der Waals surface area contributed by atoms with Crippen LogP contribution in [0.1, 0.15) is 17.2 Å². The van der Waals surface area contributed by atoms with Crippen molar-refractivity contribution in [1.29, 1.82) is 0 Å². The summed E-state index contributed by atoms with van der Waals surface area (Å²) in [5, 5.41) is 7.51. The van der Waals surface area contributed by atoms with E-state index in [0.29, 0.717) is 10.7 Å². The van der Waals surface area contributed by atoms with Crippen LogP contribution in [0.25, 0.3) is 0 Å². The number of rotatable bonds is 4. The zero-order chi connectivity index (χ0) is 21.9. The van der Waals surface area contributed by atoms with Gasteiger partial charge in [0, 0.05) is 11.3 Å². The van der Waals surface area contributed by atoms with Gasteiger partial charge in [0.05, 0.1) is 5.56 Å². The van der Waals surface area contributed by atoms with E-state index in [9.17, 15) is 31.1 Å². The predicted octanol–water partition coefficient (Wildman–Crippen LogP) is 4.78. The van der Waals surface area contributed by atoms with Crippen LogP contribution >= 0.6 is 0 Å². The van der Waals surface area contributed by atoms with Crippen molar-refractivity contribution >= 4 is 17.6 Å². The van der Waals surface area contributed by atoms with Gasteiger partial charge in [-0.25, -0.2) is 4.79 Å². The Kier molecular flexibility index (Phi) is 5.67. The molecule has 30 heavy (non-hydrogen) atoms. The summed E-state index contributed by atoms with van der Waals surface area (Å²) < 4.78 is 83.8. The second-order valence-electron chi connectivity index (χ2n) is 6.06. The molecule has 0 aliphatic heterocycles. The van der Waals surface area contributed by atoms with Gasteiger partial charge < -0.3 is 5.32 Å². The van der Waals surface area contributed by atoms with E-state index in [1.54, 1.807) is 6.07 Å². The monoisotopic (exact) mass is 431 g/mol. The van der Waals surface area contributed by atoms with Gasteiger partial charge in [-0.2, -0.15) is 26.3 Å². The number of hydrogen-bond donors (Lipinski definition) is 2. The summed E-state index contributed by atoms with van der Waals surface area (Å²) in [5.41, 5.74) is -1.26. The number of nitrogens with zero attached hydrogens (tertiary/aromatic N) is 2. The van der Waals surface area contributed by atoms with Crippen LogP contribution in [0.2, 0.25) is 0 Å². The third-order valence-corrected chi connectivity index (χ3v) is 3.86. The Balaban J connectivity index is 1.74. The van der Waals surface area contributed by atoms with Gasteiger partial charge in [-0.05, 0) is 22.9 Å². The summed E-state index contributed by atoms with van der Waals surface area (Å²) in [6.45, 7) is 0. The number of carbonyl (C=O) groups excluding carboxylic acids is 1. The second-order valence-corrected chi connectivity index (χ2v) is 6.06. The Bertz CT molecular complexity index is 1020. The van der Waals surface area contributed by atoms with Crippen molar-refractivity contribution < 1.29 is 40.3 Å². The van der Waals surface area contributed by atoms with Crippen LogP contribution in [-0.2, 0) is 6.18 Å². The standard InChI is InChI=1S/C18H12F6N4O2/c19-17(20,21)12-7-4-8-13(9-12)25-16(29)26-14-10-28(27-30-14)15(18(22,23)24)11-5-2-1-3-6-11/h1-10,15H,(H-,25,26,27,29)/p+1. The van der Waals surface area contributed by atoms with Crippen LogP contribution in [0.15, 0.2) is 65.3 Å². The smallest absolute Gasteiger partial charge is 0.308 e. The van der Waals surface area contributed by atoms with E-state index in [4.69, 9.17) is 4.52 Å². The van der Waals surface area contributed by atoms with E-state index >= 15 is 0 Å². The summed E-state index contributed by atoms with van der Waals surface area (Å²) in [6.07, 6.45) is -8.49. The number of nitrogens with one attached hydrogen (secondary N) is 2. The van der Waals surface area contributed by atoms with Crippen LogP contribution in [-0.4, -0.2) is 17.5 Å². The van der Waals surface area contributed by atoms with Crippen LogP contribution in [0.3, 0.4) is 0 Å². The lowest BCUT2D eigenvalue weighted by atomic mass is 10.1. The predicted molar refractivity (Wildman–Crippen MR) is 91.4 cm³/mol. The van der Waals surface area contributed by atoms with Crippen molar-refractivity contribution in [2.75, 3.05) is 10.6 Å². The van der Waals surface area contributed by atoms with Gasteiger partial charge in [0.25, 0.3) is 6.20 Å². The molecule has 0 radical (unpaired) electrons. The molecule has 0 saturated carbocycles. The molecule has 0 fully saturated rings. The van der Waals surface area contributed by atoms with Crippen molar-refractivity contribution in [3.05, 3.63) is 71.9 Å². The molecule has 0 spiro atoms. The molecule has 1 atom stereocenters. The van der Waals surface area contributed by atoms with Gasteiger partial charge in [0.1, 0.15) is 0 Å². The van der Waals surface area contributed by atoms with E-state index in [-0.39, 0.29) is 11.3 Å². The summed E-state index contributed by atoms with van der Waals surface area (Å²) in [6, 6.07) is 7.56. The molecule has 2 aromatic carbocycles. The molecular formula is C18H13F6N4O2+. The summed E-state index contributed by atoms with van der Waals surface area (Å²) in [4.78, 5) is 12.0. The van der Waals surface area contributed by atoms with Crippen molar-refractivity contribution in [3.8, 4) is 0 Å². The number of benzene rings is 2. The first-order valence-corrected chi connectivity index (χ1v) is 8.29. The number of alkyl halides is 6. The van der Waals surface area contributed by atoms with Gasteiger partial charge >= 0.3 is 30.3 Å². The first kappa shape index (κ1) is 21.1. The molecule has 0 bridgehead atoms. The van der Waals surface area contributed by atoms with Crippen LogP contribution < -0.4 is 15.3 Å². The Morgan fingerprint density at radius 2 is 1.67 bits per heavy atom. The topological polar surface area (TPSA) is 71.0 Å². The highest BCUT2D eigenvalue weighted by Gasteiger charge is 2.51. The average molecular weight is 431 g/mol. The fourth-order valence-corrected chi connectivity index (χ4v) is 2.61. The molecule has 3 rings (SSSR count). The number of amides is 2. The van der Waals surface area contributed by atoms with Gasteiger partial charge in [-0.15, -0.1) is 0 Å². The molecule has 0 saturated heterocycles. The number of aromatic nitrogens is 2. The lowest BCUT2D eigenvalue weighted by Crippen LogP contribution is -2.49. The fourth-order valence-electron chi connectivity index (χ4n) is 2.61. The molecule has 2 N–H and O–H groups in total. The number of anilines is 2. The van der Waals surface area contributed by atoms with E-state index in [2.05, 4.69) is 15.9 Å². The molecule has 1 unspecified atom stereocenters. The van der Waals surface area contributed by atoms with Gasteiger partial charge in [-0.3, -0.25) is 9.84 Å². The molecule has 12 heteroatoms. The van der Waals surface area contributed by atoms with Crippen LogP contribution in [0.4, 0.5) is 42.7 Å². The Labute approximate surface area is 165 Å². The molecular weight excluding hydrogens is 418 g/mol. The fraction of sp³-hybridized carbons (Fsp3) is 0.167. The third-order valence-electron chi connectivity index (χ3n) is 3.86. The zero-order valence-electron chi connectivity index (χ0n) is 14.8. The molecule has 0 aliphatic rings. The minimum absolute atomic E-state index is 0.108. The highest BCUT2D eigenvalue weighted by molar-refractivity contribution is 5.98. The Hall–Kier alpha value is -3.57. The maximum Gasteiger partial charge on any atom is 0.459 e. The lowest BCUT2D eigenvalue weighted by Gasteiger charge is -2.11. The third kappa shape index (κ3) is 5.07. The Morgan fingerprint density at radius 3 is 2.30 bits per heavy atom. The summed E-state index contributed by atoms with van der Waals surface area (Å²) in [5.74, 6) is -0.440. The molecule has 3 aromatic rings. The highest BCUT2D eigenvalue weighted by Crippen LogP contribution is 2.32. The second kappa shape index (κ2) is 8.05. The minimum atomic E-state index is -4.71. The number of urea groups is 1. The lowest BCUT2D eigenvalue weighted by molar-refractivity contribution is -0.796. The Morgan fingerprint density at radius 1 is 0.967 bits per heavy atom. The SMILES string of the molecule is O=C(Nc1cccc(C(F)(F)F)c1)Nc1c[n+](C(c2ccccc2)C(F)(F)F)no1. The maximum atomic E-state index is 13.5. The van der Waals surface area contributed by atoms with Crippen molar-refractivity contribution in [2.45, 2.75) is 18.4 Å². The van der Waals surface area contributed by atoms with Gasteiger partial charge in [0.2, 0.25) is 5.27 Å². The van der Waals surface area contributed by atoms with E-state index in [1.807, 2.05) is 0 Å². The minimum Gasteiger partial charge on any atom is -0.308 e. The van der Waals surface area contributed by atoms with E-state index in [1.165, 1.54) is 30.3 Å². The molecule has 1 aromatic heterocycles.